The first-order valence-electron chi connectivity index (χ1n) is 9.20. The minimum Gasteiger partial charge on any atom is -0.357 e. The molecule has 1 saturated heterocycles. The normalized spacial score (nSPS) is 16.4. The first-order chi connectivity index (χ1) is 11.7. The zero-order chi connectivity index (χ0) is 17.2. The minimum absolute atomic E-state index is 0. The van der Waals surface area contributed by atoms with Crippen molar-refractivity contribution in [3.63, 3.8) is 0 Å². The summed E-state index contributed by atoms with van der Waals surface area (Å²) in [7, 11) is 0. The summed E-state index contributed by atoms with van der Waals surface area (Å²) in [5.74, 6) is 1.74. The van der Waals surface area contributed by atoms with Crippen LogP contribution in [0.5, 0.6) is 0 Å². The molecule has 2 N–H and O–H groups in total. The predicted octanol–water partition coefficient (Wildman–Crippen LogP) is 4.14. The molecule has 2 rings (SSSR count). The summed E-state index contributed by atoms with van der Waals surface area (Å²) in [6.45, 7) is 10.5. The van der Waals surface area contributed by atoms with Crippen molar-refractivity contribution < 1.29 is 0 Å². The lowest BCUT2D eigenvalue weighted by Gasteiger charge is -2.31. The van der Waals surface area contributed by atoms with Gasteiger partial charge < -0.3 is 15.5 Å². The molecule has 142 valence electrons. The van der Waals surface area contributed by atoms with Crippen LogP contribution in [0.3, 0.4) is 0 Å². The average molecular weight is 479 g/mol. The SMILES string of the molecule is CCNC(=NCc1cccc(Cl)c1)NCCC1CCN(CC)CC1.I. The number of aliphatic imine (C=N–C) groups is 1. The maximum atomic E-state index is 6.03. The average Bonchev–Trinajstić information content (AvgIpc) is 2.60. The summed E-state index contributed by atoms with van der Waals surface area (Å²) in [6.07, 6.45) is 3.87. The third-order valence-corrected chi connectivity index (χ3v) is 4.89. The number of hydrogen-bond acceptors (Lipinski definition) is 2. The molecule has 1 aliphatic heterocycles. The largest absolute Gasteiger partial charge is 0.357 e. The second-order valence-electron chi connectivity index (χ2n) is 6.42. The van der Waals surface area contributed by atoms with Gasteiger partial charge in [-0.25, -0.2) is 4.99 Å². The molecule has 1 fully saturated rings. The zero-order valence-electron chi connectivity index (χ0n) is 15.4. The zero-order valence-corrected chi connectivity index (χ0v) is 18.5. The van der Waals surface area contributed by atoms with Crippen molar-refractivity contribution in [2.45, 2.75) is 39.7 Å². The summed E-state index contributed by atoms with van der Waals surface area (Å²) < 4.78 is 0. The third kappa shape index (κ3) is 8.60. The van der Waals surface area contributed by atoms with Gasteiger partial charge in [0.05, 0.1) is 6.54 Å². The number of guanidine groups is 1. The Kier molecular flexibility index (Phi) is 11.5. The van der Waals surface area contributed by atoms with Crippen LogP contribution in [-0.4, -0.2) is 43.6 Å². The molecule has 0 unspecified atom stereocenters. The van der Waals surface area contributed by atoms with Crippen LogP contribution in [0.15, 0.2) is 29.3 Å². The van der Waals surface area contributed by atoms with E-state index in [4.69, 9.17) is 11.6 Å². The van der Waals surface area contributed by atoms with Gasteiger partial charge in [0.25, 0.3) is 0 Å². The lowest BCUT2D eigenvalue weighted by molar-refractivity contribution is 0.187. The van der Waals surface area contributed by atoms with Gasteiger partial charge in [-0.05, 0) is 69.4 Å². The van der Waals surface area contributed by atoms with Crippen LogP contribution in [0.2, 0.25) is 5.02 Å². The number of halogens is 2. The van der Waals surface area contributed by atoms with Crippen molar-refractivity contribution >= 4 is 41.5 Å². The fraction of sp³-hybridized carbons (Fsp3) is 0.632. The van der Waals surface area contributed by atoms with E-state index in [0.717, 1.165) is 35.6 Å². The van der Waals surface area contributed by atoms with Crippen LogP contribution in [0.4, 0.5) is 0 Å². The summed E-state index contributed by atoms with van der Waals surface area (Å²) in [6, 6.07) is 7.88. The maximum absolute atomic E-state index is 6.03. The van der Waals surface area contributed by atoms with E-state index in [1.165, 1.54) is 38.9 Å². The number of nitrogens with one attached hydrogen (secondary N) is 2. The molecule has 0 saturated carbocycles. The molecule has 0 bridgehead atoms. The lowest BCUT2D eigenvalue weighted by Crippen LogP contribution is -2.39. The molecule has 0 atom stereocenters. The van der Waals surface area contributed by atoms with Gasteiger partial charge in [0.2, 0.25) is 0 Å². The molecule has 1 aliphatic rings. The molecule has 1 heterocycles. The van der Waals surface area contributed by atoms with Crippen LogP contribution < -0.4 is 10.6 Å². The molecule has 6 heteroatoms. The van der Waals surface area contributed by atoms with Crippen molar-refractivity contribution in [1.82, 2.24) is 15.5 Å². The van der Waals surface area contributed by atoms with Crippen LogP contribution >= 0.6 is 35.6 Å². The molecule has 25 heavy (non-hydrogen) atoms. The predicted molar refractivity (Wildman–Crippen MR) is 119 cm³/mol. The monoisotopic (exact) mass is 478 g/mol. The highest BCUT2D eigenvalue weighted by Gasteiger charge is 2.17. The fourth-order valence-corrected chi connectivity index (χ4v) is 3.35. The van der Waals surface area contributed by atoms with E-state index in [9.17, 15) is 0 Å². The highest BCUT2D eigenvalue weighted by atomic mass is 127. The van der Waals surface area contributed by atoms with Gasteiger partial charge in [-0.3, -0.25) is 0 Å². The molecule has 0 aliphatic carbocycles. The van der Waals surface area contributed by atoms with Crippen molar-refractivity contribution in [2.75, 3.05) is 32.7 Å². The topological polar surface area (TPSA) is 39.7 Å². The Morgan fingerprint density at radius 1 is 1.24 bits per heavy atom. The van der Waals surface area contributed by atoms with Gasteiger partial charge >= 0.3 is 0 Å². The molecule has 0 aromatic heterocycles. The van der Waals surface area contributed by atoms with Gasteiger partial charge in [-0.15, -0.1) is 24.0 Å². The highest BCUT2D eigenvalue weighted by molar-refractivity contribution is 14.0. The van der Waals surface area contributed by atoms with Gasteiger partial charge in [-0.1, -0.05) is 30.7 Å². The Balaban J connectivity index is 0.00000312. The second kappa shape index (κ2) is 12.8. The first-order valence-corrected chi connectivity index (χ1v) is 9.58. The molecule has 0 spiro atoms. The van der Waals surface area contributed by atoms with Gasteiger partial charge in [-0.2, -0.15) is 0 Å². The van der Waals surface area contributed by atoms with Crippen LogP contribution in [0.1, 0.15) is 38.7 Å². The molecule has 0 radical (unpaired) electrons. The Morgan fingerprint density at radius 2 is 2.00 bits per heavy atom. The summed E-state index contributed by atoms with van der Waals surface area (Å²) >= 11 is 6.03. The number of benzene rings is 1. The Morgan fingerprint density at radius 3 is 2.64 bits per heavy atom. The standard InChI is InChI=1S/C19H31ClN4.HI/c1-3-21-19(23-15-17-6-5-7-18(20)14-17)22-11-8-16-9-12-24(4-2)13-10-16;/h5-7,14,16H,3-4,8-13,15H2,1-2H3,(H2,21,22,23);1H. The van der Waals surface area contributed by atoms with E-state index < -0.39 is 0 Å². The minimum atomic E-state index is 0. The molecule has 1 aromatic rings. The quantitative estimate of drug-likeness (QED) is 0.352. The molecule has 1 aromatic carbocycles. The molecule has 4 nitrogen and oxygen atoms in total. The number of nitrogens with zero attached hydrogens (tertiary/aromatic N) is 2. The van der Waals surface area contributed by atoms with Gasteiger partial charge in [0, 0.05) is 18.1 Å². The fourth-order valence-electron chi connectivity index (χ4n) is 3.13. The van der Waals surface area contributed by atoms with Gasteiger partial charge in [0.15, 0.2) is 5.96 Å². The molecular formula is C19H32ClIN4. The second-order valence-corrected chi connectivity index (χ2v) is 6.85. The van der Waals surface area contributed by atoms with E-state index in [1.54, 1.807) is 0 Å². The first kappa shape index (κ1) is 22.5. The highest BCUT2D eigenvalue weighted by Crippen LogP contribution is 2.19. The summed E-state index contributed by atoms with van der Waals surface area (Å²) in [5.41, 5.74) is 1.13. The Hall–Kier alpha value is -0.530. The molecular weight excluding hydrogens is 447 g/mol. The Bertz CT molecular complexity index is 516. The smallest absolute Gasteiger partial charge is 0.191 e. The lowest BCUT2D eigenvalue weighted by atomic mass is 9.93. The number of rotatable bonds is 7. The summed E-state index contributed by atoms with van der Waals surface area (Å²) in [5, 5.41) is 7.55. The van der Waals surface area contributed by atoms with E-state index in [-0.39, 0.29) is 24.0 Å². The number of piperidine rings is 1. The van der Waals surface area contributed by atoms with E-state index in [1.807, 2.05) is 18.2 Å². The van der Waals surface area contributed by atoms with E-state index >= 15 is 0 Å². The molecule has 0 amide bonds. The van der Waals surface area contributed by atoms with Crippen molar-refractivity contribution in [3.05, 3.63) is 34.9 Å². The number of hydrogen-bond donors (Lipinski definition) is 2. The van der Waals surface area contributed by atoms with Crippen LogP contribution in [-0.2, 0) is 6.54 Å². The maximum Gasteiger partial charge on any atom is 0.191 e. The summed E-state index contributed by atoms with van der Waals surface area (Å²) in [4.78, 5) is 7.20. The van der Waals surface area contributed by atoms with Crippen molar-refractivity contribution in [1.29, 1.82) is 0 Å². The van der Waals surface area contributed by atoms with Crippen LogP contribution in [0.25, 0.3) is 0 Å². The van der Waals surface area contributed by atoms with E-state index in [2.05, 4.69) is 40.4 Å². The number of likely N-dealkylation sites (tertiary alicyclic amines) is 1. The van der Waals surface area contributed by atoms with E-state index in [0.29, 0.717) is 6.54 Å². The van der Waals surface area contributed by atoms with Crippen LogP contribution in [0, 0.1) is 5.92 Å². The Labute approximate surface area is 174 Å². The van der Waals surface area contributed by atoms with Crippen molar-refractivity contribution in [2.24, 2.45) is 10.9 Å². The van der Waals surface area contributed by atoms with Crippen molar-refractivity contribution in [3.8, 4) is 0 Å². The third-order valence-electron chi connectivity index (χ3n) is 4.65. The van der Waals surface area contributed by atoms with Gasteiger partial charge in [0.1, 0.15) is 0 Å².